The molecule has 1 unspecified atom stereocenters. The summed E-state index contributed by atoms with van der Waals surface area (Å²) in [5.74, 6) is 0.492. The van der Waals surface area contributed by atoms with Crippen molar-refractivity contribution in [3.8, 4) is 0 Å². The van der Waals surface area contributed by atoms with Crippen molar-refractivity contribution in [2.45, 2.75) is 108 Å². The molecule has 3 N–H and O–H groups in total. The van der Waals surface area contributed by atoms with Gasteiger partial charge in [-0.2, -0.15) is 0 Å². The van der Waals surface area contributed by atoms with Crippen LogP contribution >= 0.6 is 0 Å². The molecular formula is C33H45N3O4. The molecule has 2 aromatic rings. The smallest absolute Gasteiger partial charge is 0.326 e. The number of carbonyl (C=O) groups excluding carboxylic acids is 1. The zero-order valence-electron chi connectivity index (χ0n) is 24.3. The highest BCUT2D eigenvalue weighted by Crippen LogP contribution is 2.44. The molecular weight excluding hydrogens is 502 g/mol. The molecule has 2 heterocycles. The number of fused-ring (bicyclic) bond motifs is 1. The van der Waals surface area contributed by atoms with E-state index in [9.17, 15) is 14.7 Å². The minimum atomic E-state index is -1.01. The highest BCUT2D eigenvalue weighted by Gasteiger charge is 2.46. The lowest BCUT2D eigenvalue weighted by Crippen LogP contribution is -2.54. The summed E-state index contributed by atoms with van der Waals surface area (Å²) >= 11 is 0. The lowest BCUT2D eigenvalue weighted by Gasteiger charge is -2.41. The van der Waals surface area contributed by atoms with Gasteiger partial charge in [-0.15, -0.1) is 0 Å². The third-order valence-corrected chi connectivity index (χ3v) is 9.26. The maximum absolute atomic E-state index is 13.4. The van der Waals surface area contributed by atoms with Crippen LogP contribution in [0.25, 0.3) is 0 Å². The fourth-order valence-electron chi connectivity index (χ4n) is 6.28. The SMILES string of the molecule is CC(C)(C)c1ccc(C2(C(=O)NC(CCO[C@H]3C[C@H](CCc4ccc5c(n4)NCCC5)C3)C(=O)O)CCC2)cc1. The second-order valence-corrected chi connectivity index (χ2v) is 13.1. The lowest BCUT2D eigenvalue weighted by molar-refractivity contribution is -0.144. The van der Waals surface area contributed by atoms with Gasteiger partial charge >= 0.3 is 5.97 Å². The number of aryl methyl sites for hydroxylation is 2. The van der Waals surface area contributed by atoms with E-state index in [0.29, 0.717) is 12.5 Å². The maximum Gasteiger partial charge on any atom is 0.326 e. The summed E-state index contributed by atoms with van der Waals surface area (Å²) in [7, 11) is 0. The van der Waals surface area contributed by atoms with Crippen molar-refractivity contribution < 1.29 is 19.4 Å². The van der Waals surface area contributed by atoms with Crippen molar-refractivity contribution in [1.82, 2.24) is 10.3 Å². The molecule has 0 saturated heterocycles. The predicted molar refractivity (Wildman–Crippen MR) is 157 cm³/mol. The quantitative estimate of drug-likeness (QED) is 0.341. The topological polar surface area (TPSA) is 101 Å². The Morgan fingerprint density at radius 1 is 1.12 bits per heavy atom. The van der Waals surface area contributed by atoms with Crippen LogP contribution in [-0.2, 0) is 38.0 Å². The zero-order chi connectivity index (χ0) is 28.3. The first-order chi connectivity index (χ1) is 19.1. The number of hydrogen-bond acceptors (Lipinski definition) is 5. The van der Waals surface area contributed by atoms with E-state index in [1.165, 1.54) is 17.5 Å². The summed E-state index contributed by atoms with van der Waals surface area (Å²) in [6.07, 6.45) is 9.26. The van der Waals surface area contributed by atoms with Crippen molar-refractivity contribution in [1.29, 1.82) is 0 Å². The fourth-order valence-corrected chi connectivity index (χ4v) is 6.28. The van der Waals surface area contributed by atoms with E-state index in [4.69, 9.17) is 9.72 Å². The minimum Gasteiger partial charge on any atom is -0.480 e. The molecule has 40 heavy (non-hydrogen) atoms. The Bertz CT molecular complexity index is 1190. The molecule has 1 aromatic carbocycles. The number of rotatable bonds is 11. The highest BCUT2D eigenvalue weighted by atomic mass is 16.5. The van der Waals surface area contributed by atoms with Crippen LogP contribution in [-0.4, -0.2) is 47.3 Å². The number of carboxylic acids is 1. The van der Waals surface area contributed by atoms with E-state index in [-0.39, 0.29) is 23.8 Å². The number of carboxylic acid groups (broad SMARTS) is 1. The molecule has 7 nitrogen and oxygen atoms in total. The summed E-state index contributed by atoms with van der Waals surface area (Å²) in [5, 5.41) is 16.1. The van der Waals surface area contributed by atoms with Gasteiger partial charge in [0.05, 0.1) is 11.5 Å². The number of ether oxygens (including phenoxy) is 1. The fraction of sp³-hybridized carbons (Fsp3) is 0.606. The van der Waals surface area contributed by atoms with Gasteiger partial charge in [0, 0.05) is 25.3 Å². The van der Waals surface area contributed by atoms with Crippen molar-refractivity contribution in [3.63, 3.8) is 0 Å². The summed E-state index contributed by atoms with van der Waals surface area (Å²) in [6, 6.07) is 11.7. The minimum absolute atomic E-state index is 0.0404. The van der Waals surface area contributed by atoms with Crippen LogP contribution in [0.2, 0.25) is 0 Å². The van der Waals surface area contributed by atoms with Crippen LogP contribution in [0.1, 0.15) is 94.5 Å². The molecule has 2 saturated carbocycles. The molecule has 0 radical (unpaired) electrons. The molecule has 0 bridgehead atoms. The standard InChI is InChI=1S/C33H45N3O4/c1-32(2,3)24-9-11-25(12-10-24)33(16-5-17-33)31(39)36-28(30(37)38)15-19-40-27-20-22(21-27)7-13-26-14-8-23-6-4-18-34-29(23)35-26/h8-12,14,22,27-28H,4-7,13,15-21H2,1-3H3,(H,34,35)(H,36,39)(H,37,38)/t22-,27-,28?. The van der Waals surface area contributed by atoms with Gasteiger partial charge in [-0.3, -0.25) is 4.79 Å². The van der Waals surface area contributed by atoms with Gasteiger partial charge < -0.3 is 20.5 Å². The Morgan fingerprint density at radius 2 is 1.88 bits per heavy atom. The van der Waals surface area contributed by atoms with Crippen LogP contribution in [0, 0.1) is 5.92 Å². The van der Waals surface area contributed by atoms with Crippen LogP contribution in [0.15, 0.2) is 36.4 Å². The molecule has 1 amide bonds. The molecule has 2 fully saturated rings. The third-order valence-electron chi connectivity index (χ3n) is 9.26. The number of aromatic nitrogens is 1. The Kier molecular flexibility index (Phi) is 8.50. The summed E-state index contributed by atoms with van der Waals surface area (Å²) in [4.78, 5) is 30.2. The molecule has 1 aliphatic heterocycles. The number of nitrogens with zero attached hydrogens (tertiary/aromatic N) is 1. The second kappa shape index (κ2) is 11.9. The lowest BCUT2D eigenvalue weighted by atomic mass is 9.63. The molecule has 0 spiro atoms. The van der Waals surface area contributed by atoms with E-state index in [2.05, 4.69) is 55.7 Å². The number of pyridine rings is 1. The van der Waals surface area contributed by atoms with Crippen molar-refractivity contribution in [2.24, 2.45) is 5.92 Å². The van der Waals surface area contributed by atoms with Gasteiger partial charge in [-0.1, -0.05) is 57.5 Å². The molecule has 7 heteroatoms. The summed E-state index contributed by atoms with van der Waals surface area (Å²) < 4.78 is 6.01. The van der Waals surface area contributed by atoms with Crippen molar-refractivity contribution in [2.75, 3.05) is 18.5 Å². The molecule has 1 aromatic heterocycles. The third kappa shape index (κ3) is 6.35. The first-order valence-corrected chi connectivity index (χ1v) is 15.1. The Hall–Kier alpha value is -2.93. The summed E-state index contributed by atoms with van der Waals surface area (Å²) in [6.45, 7) is 7.84. The average Bonchev–Trinajstić information content (AvgIpc) is 2.87. The molecule has 216 valence electrons. The normalized spacial score (nSPS) is 22.2. The number of carbonyl (C=O) groups is 2. The van der Waals surface area contributed by atoms with Gasteiger partial charge in [0.1, 0.15) is 11.9 Å². The van der Waals surface area contributed by atoms with E-state index < -0.39 is 17.4 Å². The molecule has 1 atom stereocenters. The van der Waals surface area contributed by atoms with E-state index in [1.54, 1.807) is 0 Å². The Balaban J connectivity index is 1.06. The van der Waals surface area contributed by atoms with E-state index in [0.717, 1.165) is 75.0 Å². The van der Waals surface area contributed by atoms with Gasteiger partial charge in [0.15, 0.2) is 0 Å². The van der Waals surface area contributed by atoms with Crippen molar-refractivity contribution in [3.05, 3.63) is 58.8 Å². The largest absolute Gasteiger partial charge is 0.480 e. The van der Waals surface area contributed by atoms with E-state index >= 15 is 0 Å². The predicted octanol–water partition coefficient (Wildman–Crippen LogP) is 5.55. The summed E-state index contributed by atoms with van der Waals surface area (Å²) in [5.41, 5.74) is 4.07. The van der Waals surface area contributed by atoms with Crippen molar-refractivity contribution >= 4 is 17.7 Å². The van der Waals surface area contributed by atoms with Gasteiger partial charge in [-0.25, -0.2) is 9.78 Å². The van der Waals surface area contributed by atoms with Crippen LogP contribution in [0.4, 0.5) is 5.82 Å². The van der Waals surface area contributed by atoms with E-state index in [1.807, 2.05) is 12.1 Å². The number of hydrogen-bond donors (Lipinski definition) is 3. The molecule has 2 aliphatic carbocycles. The highest BCUT2D eigenvalue weighted by molar-refractivity contribution is 5.92. The number of anilines is 1. The molecule has 3 aliphatic rings. The van der Waals surface area contributed by atoms with Crippen LogP contribution in [0.3, 0.4) is 0 Å². The number of aliphatic carboxylic acids is 1. The Morgan fingerprint density at radius 3 is 2.52 bits per heavy atom. The van der Waals surface area contributed by atoms with Gasteiger partial charge in [0.2, 0.25) is 5.91 Å². The monoisotopic (exact) mass is 547 g/mol. The zero-order valence-corrected chi connectivity index (χ0v) is 24.3. The second-order valence-electron chi connectivity index (χ2n) is 13.1. The number of benzene rings is 1. The van der Waals surface area contributed by atoms with Gasteiger partial charge in [0.25, 0.3) is 0 Å². The average molecular weight is 548 g/mol. The molecule has 5 rings (SSSR count). The first-order valence-electron chi connectivity index (χ1n) is 15.1. The number of nitrogens with one attached hydrogen (secondary N) is 2. The van der Waals surface area contributed by atoms with Crippen LogP contribution < -0.4 is 10.6 Å². The maximum atomic E-state index is 13.4. The number of amides is 1. The first kappa shape index (κ1) is 28.6. The van der Waals surface area contributed by atoms with Gasteiger partial charge in [-0.05, 0) is 85.5 Å². The van der Waals surface area contributed by atoms with Crippen LogP contribution in [0.5, 0.6) is 0 Å². The Labute approximate surface area is 238 Å².